The van der Waals surface area contributed by atoms with Crippen LogP contribution in [0.3, 0.4) is 0 Å². The summed E-state index contributed by atoms with van der Waals surface area (Å²) in [5.74, 6) is 1.36. The van der Waals surface area contributed by atoms with Gasteiger partial charge in [0.15, 0.2) is 11.5 Å². The average Bonchev–Trinajstić information content (AvgIpc) is 2.73. The summed E-state index contributed by atoms with van der Waals surface area (Å²) in [6.07, 6.45) is 2.16. The topological polar surface area (TPSA) is 55.1 Å². The van der Waals surface area contributed by atoms with Gasteiger partial charge in [-0.05, 0) is 38.1 Å². The van der Waals surface area contributed by atoms with E-state index in [9.17, 15) is 0 Å². The molecule has 5 nitrogen and oxygen atoms in total. The van der Waals surface area contributed by atoms with Gasteiger partial charge in [0.25, 0.3) is 0 Å². The van der Waals surface area contributed by atoms with Crippen molar-refractivity contribution in [2.75, 3.05) is 13.1 Å². The van der Waals surface area contributed by atoms with Gasteiger partial charge < -0.3 is 5.32 Å². The largest absolute Gasteiger partial charge is 0.317 e. The minimum atomic E-state index is 0.433. The van der Waals surface area contributed by atoms with Crippen molar-refractivity contribution in [3.05, 3.63) is 23.1 Å². The Kier molecular flexibility index (Phi) is 2.49. The van der Waals surface area contributed by atoms with Gasteiger partial charge in [-0.2, -0.15) is 9.61 Å². The van der Waals surface area contributed by atoms with Crippen molar-refractivity contribution in [1.82, 2.24) is 25.1 Å². The number of rotatable bonds is 1. The normalized spacial score (nSPS) is 18.1. The minimum absolute atomic E-state index is 0.433. The maximum Gasteiger partial charge on any atom is 0.178 e. The van der Waals surface area contributed by atoms with E-state index < -0.39 is 0 Å². The van der Waals surface area contributed by atoms with Crippen LogP contribution in [0.4, 0.5) is 0 Å². The Labute approximate surface area is 97.8 Å². The maximum atomic E-state index is 5.89. The monoisotopic (exact) mass is 237 g/mol. The Morgan fingerprint density at radius 2 is 2.06 bits per heavy atom. The van der Waals surface area contributed by atoms with Gasteiger partial charge in [-0.1, -0.05) is 11.6 Å². The van der Waals surface area contributed by atoms with Crippen LogP contribution in [0.5, 0.6) is 0 Å². The van der Waals surface area contributed by atoms with Crippen LogP contribution in [0.25, 0.3) is 5.65 Å². The summed E-state index contributed by atoms with van der Waals surface area (Å²) in [6.45, 7) is 2.06. The van der Waals surface area contributed by atoms with E-state index in [0.717, 1.165) is 37.4 Å². The summed E-state index contributed by atoms with van der Waals surface area (Å²) in [5.41, 5.74) is 0.762. The minimum Gasteiger partial charge on any atom is -0.317 e. The van der Waals surface area contributed by atoms with E-state index in [2.05, 4.69) is 20.6 Å². The van der Waals surface area contributed by atoms with Crippen LogP contribution < -0.4 is 5.32 Å². The Hall–Kier alpha value is -1.20. The number of hydrogen-bond acceptors (Lipinski definition) is 4. The molecule has 16 heavy (non-hydrogen) atoms. The van der Waals surface area contributed by atoms with Crippen molar-refractivity contribution in [3.63, 3.8) is 0 Å². The lowest BCUT2D eigenvalue weighted by atomic mass is 9.97. The molecule has 1 aliphatic rings. The van der Waals surface area contributed by atoms with E-state index in [-0.39, 0.29) is 0 Å². The molecular formula is C10H12ClN5. The lowest BCUT2D eigenvalue weighted by Gasteiger charge is -2.20. The fraction of sp³-hybridized carbons (Fsp3) is 0.500. The van der Waals surface area contributed by atoms with E-state index in [1.807, 2.05) is 6.07 Å². The predicted octanol–water partition coefficient (Wildman–Crippen LogP) is 1.24. The van der Waals surface area contributed by atoms with E-state index in [1.165, 1.54) is 0 Å². The fourth-order valence-electron chi connectivity index (χ4n) is 2.12. The van der Waals surface area contributed by atoms with Gasteiger partial charge in [0, 0.05) is 5.92 Å². The van der Waals surface area contributed by atoms with Crippen LogP contribution in [0.15, 0.2) is 12.1 Å². The highest BCUT2D eigenvalue weighted by atomic mass is 35.5. The van der Waals surface area contributed by atoms with Gasteiger partial charge in [-0.3, -0.25) is 0 Å². The zero-order chi connectivity index (χ0) is 11.0. The number of hydrogen-bond donors (Lipinski definition) is 1. The van der Waals surface area contributed by atoms with Gasteiger partial charge in [-0.25, -0.2) is 0 Å². The SMILES string of the molecule is Clc1ccc2nnc(C3CCNCC3)n2n1. The molecule has 0 amide bonds. The molecule has 1 aliphatic heterocycles. The molecule has 0 atom stereocenters. The van der Waals surface area contributed by atoms with Crippen molar-refractivity contribution in [3.8, 4) is 0 Å². The van der Waals surface area contributed by atoms with E-state index in [4.69, 9.17) is 11.6 Å². The first-order valence-electron chi connectivity index (χ1n) is 5.43. The third-order valence-electron chi connectivity index (χ3n) is 2.96. The third-order valence-corrected chi connectivity index (χ3v) is 3.16. The Morgan fingerprint density at radius 1 is 1.25 bits per heavy atom. The first-order valence-corrected chi connectivity index (χ1v) is 5.81. The highest BCUT2D eigenvalue weighted by Gasteiger charge is 2.21. The van der Waals surface area contributed by atoms with Crippen molar-refractivity contribution < 1.29 is 0 Å². The second-order valence-electron chi connectivity index (χ2n) is 4.01. The zero-order valence-electron chi connectivity index (χ0n) is 8.73. The van der Waals surface area contributed by atoms with Crippen molar-refractivity contribution >= 4 is 17.2 Å². The molecular weight excluding hydrogens is 226 g/mol. The van der Waals surface area contributed by atoms with E-state index in [1.54, 1.807) is 10.6 Å². The number of halogens is 1. The first kappa shape index (κ1) is 9.99. The predicted molar refractivity (Wildman–Crippen MR) is 60.6 cm³/mol. The molecule has 0 spiro atoms. The molecule has 3 heterocycles. The van der Waals surface area contributed by atoms with Gasteiger partial charge >= 0.3 is 0 Å². The van der Waals surface area contributed by atoms with Crippen LogP contribution in [0.1, 0.15) is 24.6 Å². The van der Waals surface area contributed by atoms with Crippen LogP contribution in [0.2, 0.25) is 5.15 Å². The molecule has 1 N–H and O–H groups in total. The van der Waals surface area contributed by atoms with E-state index in [0.29, 0.717) is 11.1 Å². The maximum absolute atomic E-state index is 5.89. The fourth-order valence-corrected chi connectivity index (χ4v) is 2.26. The molecule has 1 fully saturated rings. The number of piperidine rings is 1. The highest BCUT2D eigenvalue weighted by Crippen LogP contribution is 2.23. The van der Waals surface area contributed by atoms with Crippen molar-refractivity contribution in [2.45, 2.75) is 18.8 Å². The number of aromatic nitrogens is 4. The Morgan fingerprint density at radius 3 is 2.88 bits per heavy atom. The molecule has 2 aromatic heterocycles. The second-order valence-corrected chi connectivity index (χ2v) is 4.40. The molecule has 84 valence electrons. The molecule has 2 aromatic rings. The highest BCUT2D eigenvalue weighted by molar-refractivity contribution is 6.29. The summed E-state index contributed by atoms with van der Waals surface area (Å²) in [5, 5.41) is 16.4. The molecule has 0 saturated carbocycles. The Balaban J connectivity index is 2.05. The zero-order valence-corrected chi connectivity index (χ0v) is 9.48. The average molecular weight is 238 g/mol. The number of fused-ring (bicyclic) bond motifs is 1. The molecule has 3 rings (SSSR count). The van der Waals surface area contributed by atoms with Crippen molar-refractivity contribution in [2.24, 2.45) is 0 Å². The number of nitrogens with one attached hydrogen (secondary N) is 1. The van der Waals surface area contributed by atoms with Crippen LogP contribution in [-0.4, -0.2) is 32.9 Å². The second kappa shape index (κ2) is 3.99. The summed E-state index contributed by atoms with van der Waals surface area (Å²) in [6, 6.07) is 3.57. The van der Waals surface area contributed by atoms with Gasteiger partial charge in [0.2, 0.25) is 0 Å². The third kappa shape index (κ3) is 1.66. The van der Waals surface area contributed by atoms with E-state index >= 15 is 0 Å². The summed E-state index contributed by atoms with van der Waals surface area (Å²) < 4.78 is 1.76. The lowest BCUT2D eigenvalue weighted by molar-refractivity contribution is 0.439. The van der Waals surface area contributed by atoms with Crippen LogP contribution in [0, 0.1) is 0 Å². The van der Waals surface area contributed by atoms with Crippen molar-refractivity contribution in [1.29, 1.82) is 0 Å². The Bertz CT molecular complexity index is 503. The molecule has 6 heteroatoms. The molecule has 0 radical (unpaired) electrons. The standard InChI is InChI=1S/C10H12ClN5/c11-8-1-2-9-13-14-10(16(9)15-8)7-3-5-12-6-4-7/h1-2,7,12H,3-6H2. The lowest BCUT2D eigenvalue weighted by Crippen LogP contribution is -2.27. The molecule has 0 unspecified atom stereocenters. The molecule has 0 bridgehead atoms. The number of nitrogens with zero attached hydrogens (tertiary/aromatic N) is 4. The molecule has 0 aromatic carbocycles. The van der Waals surface area contributed by atoms with Gasteiger partial charge in [-0.15, -0.1) is 10.2 Å². The van der Waals surface area contributed by atoms with Crippen LogP contribution in [-0.2, 0) is 0 Å². The molecule has 1 saturated heterocycles. The first-order chi connectivity index (χ1) is 7.84. The summed E-state index contributed by atoms with van der Waals surface area (Å²) in [7, 11) is 0. The molecule has 0 aliphatic carbocycles. The quantitative estimate of drug-likeness (QED) is 0.811. The summed E-state index contributed by atoms with van der Waals surface area (Å²) in [4.78, 5) is 0. The smallest absolute Gasteiger partial charge is 0.178 e. The van der Waals surface area contributed by atoms with Crippen LogP contribution >= 0.6 is 11.6 Å². The van der Waals surface area contributed by atoms with Gasteiger partial charge in [0.05, 0.1) is 0 Å². The summed E-state index contributed by atoms with van der Waals surface area (Å²) >= 11 is 5.89. The van der Waals surface area contributed by atoms with Gasteiger partial charge in [0.1, 0.15) is 5.15 Å².